The molecular weight excluding hydrogens is 204 g/mol. The highest BCUT2D eigenvalue weighted by molar-refractivity contribution is 5.78. The SMILES string of the molecule is CCNC(C)(CN(C)C(C)C1CC1)C(=O)O. The molecule has 0 bridgehead atoms. The van der Waals surface area contributed by atoms with E-state index in [4.69, 9.17) is 0 Å². The molecule has 0 saturated heterocycles. The van der Waals surface area contributed by atoms with Crippen molar-refractivity contribution in [2.24, 2.45) is 5.92 Å². The second-order valence-electron chi connectivity index (χ2n) is 5.16. The summed E-state index contributed by atoms with van der Waals surface area (Å²) in [7, 11) is 2.02. The molecule has 4 heteroatoms. The lowest BCUT2D eigenvalue weighted by molar-refractivity contribution is -0.145. The second-order valence-corrected chi connectivity index (χ2v) is 5.16. The summed E-state index contributed by atoms with van der Waals surface area (Å²) in [4.78, 5) is 13.4. The number of hydrogen-bond donors (Lipinski definition) is 2. The minimum absolute atomic E-state index is 0.484. The van der Waals surface area contributed by atoms with E-state index in [1.807, 2.05) is 14.0 Å². The highest BCUT2D eigenvalue weighted by Crippen LogP contribution is 2.34. The fraction of sp³-hybridized carbons (Fsp3) is 0.917. The zero-order valence-electron chi connectivity index (χ0n) is 10.8. The van der Waals surface area contributed by atoms with Crippen molar-refractivity contribution in [2.45, 2.75) is 45.2 Å². The summed E-state index contributed by atoms with van der Waals surface area (Å²) >= 11 is 0. The van der Waals surface area contributed by atoms with Crippen LogP contribution < -0.4 is 5.32 Å². The Hall–Kier alpha value is -0.610. The van der Waals surface area contributed by atoms with E-state index >= 15 is 0 Å². The Bertz CT molecular complexity index is 253. The number of carbonyl (C=O) groups is 1. The quantitative estimate of drug-likeness (QED) is 0.687. The van der Waals surface area contributed by atoms with Gasteiger partial charge in [-0.25, -0.2) is 0 Å². The van der Waals surface area contributed by atoms with Crippen LogP contribution >= 0.6 is 0 Å². The van der Waals surface area contributed by atoms with Gasteiger partial charge < -0.3 is 15.3 Å². The Labute approximate surface area is 98.0 Å². The van der Waals surface area contributed by atoms with E-state index in [1.165, 1.54) is 12.8 Å². The van der Waals surface area contributed by atoms with Crippen LogP contribution in [0.2, 0.25) is 0 Å². The van der Waals surface area contributed by atoms with Gasteiger partial charge in [-0.3, -0.25) is 4.79 Å². The van der Waals surface area contributed by atoms with Crippen LogP contribution in [-0.4, -0.2) is 47.7 Å². The van der Waals surface area contributed by atoms with Gasteiger partial charge in [0.2, 0.25) is 0 Å². The van der Waals surface area contributed by atoms with Gasteiger partial charge in [-0.15, -0.1) is 0 Å². The highest BCUT2D eigenvalue weighted by Gasteiger charge is 2.37. The smallest absolute Gasteiger partial charge is 0.324 e. The molecule has 0 aromatic carbocycles. The molecule has 2 N–H and O–H groups in total. The van der Waals surface area contributed by atoms with E-state index < -0.39 is 11.5 Å². The van der Waals surface area contributed by atoms with Gasteiger partial charge in [-0.1, -0.05) is 6.92 Å². The molecule has 2 atom stereocenters. The lowest BCUT2D eigenvalue weighted by atomic mass is 10.0. The Morgan fingerprint density at radius 3 is 2.56 bits per heavy atom. The lowest BCUT2D eigenvalue weighted by Crippen LogP contribution is -2.57. The van der Waals surface area contributed by atoms with Gasteiger partial charge in [0.25, 0.3) is 0 Å². The Kier molecular flexibility index (Phi) is 4.33. The number of carboxylic acid groups (broad SMARTS) is 1. The number of rotatable bonds is 7. The van der Waals surface area contributed by atoms with Gasteiger partial charge in [0.1, 0.15) is 5.54 Å². The fourth-order valence-electron chi connectivity index (χ4n) is 2.17. The summed E-state index contributed by atoms with van der Waals surface area (Å²) in [6.07, 6.45) is 2.58. The monoisotopic (exact) mass is 228 g/mol. The van der Waals surface area contributed by atoms with E-state index in [0.29, 0.717) is 19.1 Å². The van der Waals surface area contributed by atoms with Gasteiger partial charge in [0.15, 0.2) is 0 Å². The van der Waals surface area contributed by atoms with Crippen molar-refractivity contribution in [1.29, 1.82) is 0 Å². The maximum atomic E-state index is 11.3. The predicted molar refractivity (Wildman–Crippen MR) is 64.5 cm³/mol. The lowest BCUT2D eigenvalue weighted by Gasteiger charge is -2.34. The van der Waals surface area contributed by atoms with E-state index in [-0.39, 0.29) is 0 Å². The van der Waals surface area contributed by atoms with Crippen molar-refractivity contribution in [3.63, 3.8) is 0 Å². The van der Waals surface area contributed by atoms with Crippen molar-refractivity contribution in [2.75, 3.05) is 20.1 Å². The van der Waals surface area contributed by atoms with Crippen LogP contribution in [-0.2, 0) is 4.79 Å². The summed E-state index contributed by atoms with van der Waals surface area (Å²) in [5, 5.41) is 12.3. The molecule has 0 heterocycles. The van der Waals surface area contributed by atoms with Crippen molar-refractivity contribution in [3.8, 4) is 0 Å². The molecule has 2 unspecified atom stereocenters. The summed E-state index contributed by atoms with van der Waals surface area (Å²) in [6, 6.07) is 0.484. The van der Waals surface area contributed by atoms with Crippen molar-refractivity contribution >= 4 is 5.97 Å². The van der Waals surface area contributed by atoms with Gasteiger partial charge in [0.05, 0.1) is 0 Å². The minimum atomic E-state index is -0.841. The average molecular weight is 228 g/mol. The van der Waals surface area contributed by atoms with Crippen molar-refractivity contribution < 1.29 is 9.90 Å². The average Bonchev–Trinajstić information content (AvgIpc) is 2.99. The van der Waals surface area contributed by atoms with Crippen LogP contribution in [0.4, 0.5) is 0 Å². The number of carboxylic acids is 1. The number of hydrogen-bond acceptors (Lipinski definition) is 3. The summed E-state index contributed by atoms with van der Waals surface area (Å²) in [5.74, 6) is -0.00568. The molecular formula is C12H24N2O2. The molecule has 1 aliphatic carbocycles. The van der Waals surface area contributed by atoms with Crippen LogP contribution in [0.25, 0.3) is 0 Å². The zero-order chi connectivity index (χ0) is 12.3. The van der Waals surface area contributed by atoms with E-state index in [9.17, 15) is 9.90 Å². The molecule has 0 aromatic heterocycles. The van der Waals surface area contributed by atoms with Crippen LogP contribution in [0.3, 0.4) is 0 Å². The first kappa shape index (κ1) is 13.5. The summed E-state index contributed by atoms with van der Waals surface area (Å²) < 4.78 is 0. The number of nitrogens with one attached hydrogen (secondary N) is 1. The number of likely N-dealkylation sites (N-methyl/N-ethyl adjacent to an activating group) is 2. The Morgan fingerprint density at radius 2 is 2.19 bits per heavy atom. The van der Waals surface area contributed by atoms with Gasteiger partial charge >= 0.3 is 5.97 Å². The van der Waals surface area contributed by atoms with Crippen molar-refractivity contribution in [1.82, 2.24) is 10.2 Å². The number of aliphatic carboxylic acids is 1. The molecule has 1 aliphatic rings. The molecule has 0 aromatic rings. The van der Waals surface area contributed by atoms with Crippen molar-refractivity contribution in [3.05, 3.63) is 0 Å². The first-order valence-electron chi connectivity index (χ1n) is 6.09. The molecule has 1 fully saturated rings. The standard InChI is InChI=1S/C12H24N2O2/c1-5-13-12(3,11(15)16)8-14(4)9(2)10-6-7-10/h9-10,13H,5-8H2,1-4H3,(H,15,16). The highest BCUT2D eigenvalue weighted by atomic mass is 16.4. The van der Waals surface area contributed by atoms with Gasteiger partial charge in [0, 0.05) is 12.6 Å². The van der Waals surface area contributed by atoms with E-state index in [2.05, 4.69) is 17.1 Å². The molecule has 0 radical (unpaired) electrons. The molecule has 94 valence electrons. The molecule has 0 aliphatic heterocycles. The van der Waals surface area contributed by atoms with Crippen LogP contribution in [0.15, 0.2) is 0 Å². The third-order valence-electron chi connectivity index (χ3n) is 3.60. The van der Waals surface area contributed by atoms with Gasteiger partial charge in [-0.2, -0.15) is 0 Å². The number of nitrogens with zero attached hydrogens (tertiary/aromatic N) is 1. The topological polar surface area (TPSA) is 52.6 Å². The third kappa shape index (κ3) is 3.19. The first-order chi connectivity index (χ1) is 7.40. The second kappa shape index (κ2) is 5.15. The fourth-order valence-corrected chi connectivity index (χ4v) is 2.17. The maximum Gasteiger partial charge on any atom is 0.324 e. The van der Waals surface area contributed by atoms with E-state index in [0.717, 1.165) is 5.92 Å². The maximum absolute atomic E-state index is 11.3. The Balaban J connectivity index is 2.56. The predicted octanol–water partition coefficient (Wildman–Crippen LogP) is 1.17. The van der Waals surface area contributed by atoms with Crippen LogP contribution in [0, 0.1) is 5.92 Å². The molecule has 0 amide bonds. The van der Waals surface area contributed by atoms with Crippen LogP contribution in [0.1, 0.15) is 33.6 Å². The molecule has 1 saturated carbocycles. The molecule has 4 nitrogen and oxygen atoms in total. The minimum Gasteiger partial charge on any atom is -0.480 e. The van der Waals surface area contributed by atoms with E-state index in [1.54, 1.807) is 6.92 Å². The first-order valence-corrected chi connectivity index (χ1v) is 6.09. The van der Waals surface area contributed by atoms with Crippen LogP contribution in [0.5, 0.6) is 0 Å². The molecule has 1 rings (SSSR count). The Morgan fingerprint density at radius 1 is 1.62 bits per heavy atom. The third-order valence-corrected chi connectivity index (χ3v) is 3.60. The molecule has 0 spiro atoms. The molecule has 16 heavy (non-hydrogen) atoms. The largest absolute Gasteiger partial charge is 0.480 e. The zero-order valence-corrected chi connectivity index (χ0v) is 10.8. The summed E-state index contributed by atoms with van der Waals surface area (Å²) in [6.45, 7) is 7.11. The summed E-state index contributed by atoms with van der Waals surface area (Å²) in [5.41, 5.74) is -0.841. The normalized spacial score (nSPS) is 21.8. The van der Waals surface area contributed by atoms with Gasteiger partial charge in [-0.05, 0) is 46.2 Å².